The average molecular weight is 255 g/mol. The number of benzene rings is 2. The van der Waals surface area contributed by atoms with E-state index in [9.17, 15) is 9.90 Å². The predicted molar refractivity (Wildman–Crippen MR) is 74.8 cm³/mol. The first-order valence-corrected chi connectivity index (χ1v) is 6.21. The molecule has 0 saturated heterocycles. The topological polar surface area (TPSA) is 49.3 Å². The van der Waals surface area contributed by atoms with E-state index in [0.717, 1.165) is 5.56 Å². The summed E-state index contributed by atoms with van der Waals surface area (Å²) in [4.78, 5) is 11.9. The highest BCUT2D eigenvalue weighted by Gasteiger charge is 2.23. The molecule has 0 aliphatic rings. The molecule has 3 nitrogen and oxygen atoms in total. The second-order valence-corrected chi connectivity index (χ2v) is 4.69. The minimum Gasteiger partial charge on any atom is -0.384 e. The van der Waals surface area contributed by atoms with Crippen molar-refractivity contribution >= 4 is 5.91 Å². The maximum Gasteiger partial charge on any atom is 0.251 e. The summed E-state index contributed by atoms with van der Waals surface area (Å²) in [5, 5.41) is 13.1. The van der Waals surface area contributed by atoms with Gasteiger partial charge in [0.15, 0.2) is 0 Å². The molecule has 2 aromatic carbocycles. The van der Waals surface area contributed by atoms with Gasteiger partial charge in [0.25, 0.3) is 5.91 Å². The Morgan fingerprint density at radius 1 is 1.05 bits per heavy atom. The molecule has 1 atom stereocenters. The van der Waals surface area contributed by atoms with Crippen LogP contribution in [0, 0.1) is 0 Å². The largest absolute Gasteiger partial charge is 0.384 e. The zero-order valence-corrected chi connectivity index (χ0v) is 10.8. The third-order valence-corrected chi connectivity index (χ3v) is 3.02. The Kier molecular flexibility index (Phi) is 3.97. The Hall–Kier alpha value is -2.13. The molecule has 0 fully saturated rings. The lowest BCUT2D eigenvalue weighted by molar-refractivity contribution is 0.0526. The first-order chi connectivity index (χ1) is 9.09. The molecule has 0 bridgehead atoms. The molecular formula is C16H17NO2. The van der Waals surface area contributed by atoms with Crippen molar-refractivity contribution in [3.05, 3.63) is 71.8 Å². The van der Waals surface area contributed by atoms with Crippen molar-refractivity contribution in [2.24, 2.45) is 0 Å². The Labute approximate surface area is 112 Å². The van der Waals surface area contributed by atoms with Gasteiger partial charge in [-0.3, -0.25) is 4.79 Å². The van der Waals surface area contributed by atoms with Gasteiger partial charge in [-0.05, 0) is 24.6 Å². The fourth-order valence-electron chi connectivity index (χ4n) is 1.84. The Morgan fingerprint density at radius 2 is 1.58 bits per heavy atom. The molecular weight excluding hydrogens is 238 g/mol. The maximum absolute atomic E-state index is 11.9. The van der Waals surface area contributed by atoms with E-state index in [1.807, 2.05) is 48.5 Å². The minimum absolute atomic E-state index is 0.171. The summed E-state index contributed by atoms with van der Waals surface area (Å²) in [6.07, 6.45) is 0. The SMILES string of the molecule is C[C@](O)(CNC(=O)c1ccccc1)c1ccccc1. The van der Waals surface area contributed by atoms with Crippen molar-refractivity contribution in [2.75, 3.05) is 6.54 Å². The highest BCUT2D eigenvalue weighted by Crippen LogP contribution is 2.19. The van der Waals surface area contributed by atoms with Gasteiger partial charge >= 0.3 is 0 Å². The molecule has 0 unspecified atom stereocenters. The average Bonchev–Trinajstić information content (AvgIpc) is 2.47. The summed E-state index contributed by atoms with van der Waals surface area (Å²) in [5.41, 5.74) is 0.292. The monoisotopic (exact) mass is 255 g/mol. The summed E-state index contributed by atoms with van der Waals surface area (Å²) in [7, 11) is 0. The lowest BCUT2D eigenvalue weighted by Crippen LogP contribution is -2.38. The molecule has 2 rings (SSSR count). The highest BCUT2D eigenvalue weighted by atomic mass is 16.3. The van der Waals surface area contributed by atoms with Gasteiger partial charge in [-0.1, -0.05) is 48.5 Å². The van der Waals surface area contributed by atoms with Crippen LogP contribution >= 0.6 is 0 Å². The van der Waals surface area contributed by atoms with E-state index in [1.54, 1.807) is 19.1 Å². The molecule has 2 N–H and O–H groups in total. The number of carbonyl (C=O) groups excluding carboxylic acids is 1. The zero-order valence-electron chi connectivity index (χ0n) is 10.8. The van der Waals surface area contributed by atoms with Gasteiger partial charge < -0.3 is 10.4 Å². The third kappa shape index (κ3) is 3.42. The van der Waals surface area contributed by atoms with Crippen molar-refractivity contribution in [2.45, 2.75) is 12.5 Å². The number of hydrogen-bond acceptors (Lipinski definition) is 2. The van der Waals surface area contributed by atoms with Gasteiger partial charge in [-0.15, -0.1) is 0 Å². The molecule has 2 aromatic rings. The molecule has 0 heterocycles. The van der Waals surface area contributed by atoms with E-state index in [1.165, 1.54) is 0 Å². The number of rotatable bonds is 4. The molecule has 0 spiro atoms. The first kappa shape index (κ1) is 13.3. The van der Waals surface area contributed by atoms with Crippen molar-refractivity contribution in [3.8, 4) is 0 Å². The second-order valence-electron chi connectivity index (χ2n) is 4.69. The van der Waals surface area contributed by atoms with E-state index >= 15 is 0 Å². The fourth-order valence-corrected chi connectivity index (χ4v) is 1.84. The van der Waals surface area contributed by atoms with Gasteiger partial charge in [0.1, 0.15) is 5.60 Å². The predicted octanol–water partition coefficient (Wildman–Crippen LogP) is 2.32. The molecule has 1 amide bonds. The van der Waals surface area contributed by atoms with Crippen LogP contribution in [0.1, 0.15) is 22.8 Å². The molecule has 3 heteroatoms. The zero-order chi connectivity index (χ0) is 13.7. The van der Waals surface area contributed by atoms with E-state index < -0.39 is 5.60 Å². The van der Waals surface area contributed by atoms with Crippen LogP contribution in [-0.2, 0) is 5.60 Å². The van der Waals surface area contributed by atoms with Crippen LogP contribution in [-0.4, -0.2) is 17.6 Å². The van der Waals surface area contributed by atoms with Gasteiger partial charge in [0.2, 0.25) is 0 Å². The molecule has 0 aromatic heterocycles. The normalized spacial score (nSPS) is 13.6. The maximum atomic E-state index is 11.9. The summed E-state index contributed by atoms with van der Waals surface area (Å²) < 4.78 is 0. The van der Waals surface area contributed by atoms with Crippen LogP contribution in [0.5, 0.6) is 0 Å². The number of carbonyl (C=O) groups is 1. The quantitative estimate of drug-likeness (QED) is 0.881. The van der Waals surface area contributed by atoms with Crippen LogP contribution in [0.25, 0.3) is 0 Å². The number of hydrogen-bond donors (Lipinski definition) is 2. The van der Waals surface area contributed by atoms with Crippen LogP contribution in [0.4, 0.5) is 0 Å². The van der Waals surface area contributed by atoms with Crippen molar-refractivity contribution in [1.29, 1.82) is 0 Å². The second kappa shape index (κ2) is 5.67. The minimum atomic E-state index is -1.08. The van der Waals surface area contributed by atoms with Crippen LogP contribution in [0.3, 0.4) is 0 Å². The number of amides is 1. The molecule has 0 saturated carbocycles. The summed E-state index contributed by atoms with van der Waals surface area (Å²) in [6, 6.07) is 18.3. The molecule has 0 radical (unpaired) electrons. The summed E-state index contributed by atoms with van der Waals surface area (Å²) >= 11 is 0. The number of aliphatic hydroxyl groups is 1. The van der Waals surface area contributed by atoms with Crippen molar-refractivity contribution < 1.29 is 9.90 Å². The lowest BCUT2D eigenvalue weighted by Gasteiger charge is -2.24. The van der Waals surface area contributed by atoms with Crippen LogP contribution in [0.2, 0.25) is 0 Å². The van der Waals surface area contributed by atoms with Gasteiger partial charge in [0, 0.05) is 5.56 Å². The van der Waals surface area contributed by atoms with E-state index in [0.29, 0.717) is 5.56 Å². The smallest absolute Gasteiger partial charge is 0.251 e. The third-order valence-electron chi connectivity index (χ3n) is 3.02. The molecule has 0 aliphatic carbocycles. The van der Waals surface area contributed by atoms with Crippen molar-refractivity contribution in [3.63, 3.8) is 0 Å². The highest BCUT2D eigenvalue weighted by molar-refractivity contribution is 5.94. The van der Waals surface area contributed by atoms with Crippen LogP contribution in [0.15, 0.2) is 60.7 Å². The lowest BCUT2D eigenvalue weighted by atomic mass is 9.96. The Bertz CT molecular complexity index is 535. The van der Waals surface area contributed by atoms with Crippen molar-refractivity contribution in [1.82, 2.24) is 5.32 Å². The molecule has 98 valence electrons. The van der Waals surface area contributed by atoms with Crippen LogP contribution < -0.4 is 5.32 Å². The Balaban J connectivity index is 2.01. The summed E-state index contributed by atoms with van der Waals surface area (Å²) in [6.45, 7) is 1.86. The van der Waals surface area contributed by atoms with Gasteiger partial charge in [-0.25, -0.2) is 0 Å². The van der Waals surface area contributed by atoms with E-state index in [2.05, 4.69) is 5.32 Å². The van der Waals surface area contributed by atoms with Gasteiger partial charge in [-0.2, -0.15) is 0 Å². The van der Waals surface area contributed by atoms with E-state index in [4.69, 9.17) is 0 Å². The molecule has 0 aliphatic heterocycles. The van der Waals surface area contributed by atoms with Gasteiger partial charge in [0.05, 0.1) is 6.54 Å². The first-order valence-electron chi connectivity index (χ1n) is 6.21. The Morgan fingerprint density at radius 3 is 2.16 bits per heavy atom. The fraction of sp³-hybridized carbons (Fsp3) is 0.188. The van der Waals surface area contributed by atoms with E-state index in [-0.39, 0.29) is 12.5 Å². The summed E-state index contributed by atoms with van der Waals surface area (Å²) in [5.74, 6) is -0.184. The standard InChI is InChI=1S/C16H17NO2/c1-16(19,14-10-6-3-7-11-14)12-17-15(18)13-8-4-2-5-9-13/h2-11,19H,12H2,1H3,(H,17,18)/t16-/m0/s1. The number of nitrogens with one attached hydrogen (secondary N) is 1. The molecule has 19 heavy (non-hydrogen) atoms.